The summed E-state index contributed by atoms with van der Waals surface area (Å²) in [5.74, 6) is 9.57. The molecule has 0 aliphatic carbocycles. The summed E-state index contributed by atoms with van der Waals surface area (Å²) in [5, 5.41) is 3.38. The average Bonchev–Trinajstić information content (AvgIpc) is 2.26. The van der Waals surface area contributed by atoms with Gasteiger partial charge in [-0.15, -0.1) is 0 Å². The Hall–Kier alpha value is -1.88. The number of carbonyl (C=O) groups excluding carboxylic acids is 1. The molecule has 0 heterocycles. The molecule has 5 heteroatoms. The summed E-state index contributed by atoms with van der Waals surface area (Å²) in [6, 6.07) is 9.42. The van der Waals surface area contributed by atoms with Crippen molar-refractivity contribution in [2.75, 3.05) is 0 Å². The van der Waals surface area contributed by atoms with Crippen molar-refractivity contribution in [3.05, 3.63) is 35.9 Å². The van der Waals surface area contributed by atoms with Gasteiger partial charge in [-0.3, -0.25) is 10.2 Å². The third-order valence-electron chi connectivity index (χ3n) is 1.76. The Labute approximate surface area is 81.8 Å². The molecule has 0 atom stereocenters. The Balaban J connectivity index is 2.73. The number of hydrogen-bond donors (Lipinski definition) is 3. The zero-order chi connectivity index (χ0) is 10.4. The van der Waals surface area contributed by atoms with Gasteiger partial charge in [-0.2, -0.15) is 5.10 Å². The molecule has 0 radical (unpaired) electrons. The third-order valence-corrected chi connectivity index (χ3v) is 1.76. The molecule has 0 aliphatic heterocycles. The predicted octanol–water partition coefficient (Wildman–Crippen LogP) is -0.466. The van der Waals surface area contributed by atoms with Gasteiger partial charge in [-0.25, -0.2) is 5.84 Å². The first-order valence-electron chi connectivity index (χ1n) is 4.09. The summed E-state index contributed by atoms with van der Waals surface area (Å²) in [6.45, 7) is 0. The van der Waals surface area contributed by atoms with Crippen molar-refractivity contribution in [2.45, 2.75) is 6.42 Å². The van der Waals surface area contributed by atoms with E-state index in [9.17, 15) is 4.79 Å². The largest absolute Gasteiger partial charge is 0.323 e. The van der Waals surface area contributed by atoms with Crippen molar-refractivity contribution in [2.24, 2.45) is 16.8 Å². The second-order valence-electron chi connectivity index (χ2n) is 2.71. The lowest BCUT2D eigenvalue weighted by Gasteiger charge is -2.02. The topological polar surface area (TPSA) is 93.5 Å². The van der Waals surface area contributed by atoms with Crippen LogP contribution >= 0.6 is 0 Å². The summed E-state index contributed by atoms with van der Waals surface area (Å²) < 4.78 is 0. The zero-order valence-corrected chi connectivity index (χ0v) is 7.60. The number of hydrazone groups is 1. The third kappa shape index (κ3) is 2.56. The van der Waals surface area contributed by atoms with Gasteiger partial charge in [-0.05, 0) is 5.56 Å². The Morgan fingerprint density at radius 2 is 2.00 bits per heavy atom. The molecule has 14 heavy (non-hydrogen) atoms. The average molecular weight is 192 g/mol. The van der Waals surface area contributed by atoms with Gasteiger partial charge in [0.2, 0.25) is 0 Å². The van der Waals surface area contributed by atoms with E-state index in [0.717, 1.165) is 5.56 Å². The minimum absolute atomic E-state index is 0.207. The quantitative estimate of drug-likeness (QED) is 0.261. The lowest BCUT2D eigenvalue weighted by Crippen LogP contribution is -2.37. The zero-order valence-electron chi connectivity index (χ0n) is 7.60. The van der Waals surface area contributed by atoms with Crippen molar-refractivity contribution >= 4 is 11.6 Å². The number of nitrogens with zero attached hydrogens (tertiary/aromatic N) is 1. The molecule has 74 valence electrons. The Morgan fingerprint density at radius 3 is 2.50 bits per heavy atom. The van der Waals surface area contributed by atoms with Gasteiger partial charge in [0.25, 0.3) is 5.91 Å². The van der Waals surface area contributed by atoms with E-state index in [-0.39, 0.29) is 5.71 Å². The second-order valence-corrected chi connectivity index (χ2v) is 2.71. The van der Waals surface area contributed by atoms with Crippen LogP contribution in [0.5, 0.6) is 0 Å². The number of nitrogens with one attached hydrogen (secondary N) is 1. The molecule has 0 aromatic heterocycles. The normalized spacial score (nSPS) is 11.1. The maximum Gasteiger partial charge on any atom is 0.281 e. The van der Waals surface area contributed by atoms with E-state index < -0.39 is 5.91 Å². The van der Waals surface area contributed by atoms with Crippen LogP contribution in [0.4, 0.5) is 0 Å². The first-order valence-corrected chi connectivity index (χ1v) is 4.09. The molecule has 0 bridgehead atoms. The molecule has 1 rings (SSSR count). The first-order chi connectivity index (χ1) is 6.77. The van der Waals surface area contributed by atoms with Crippen LogP contribution in [0.25, 0.3) is 0 Å². The maximum absolute atomic E-state index is 11.1. The van der Waals surface area contributed by atoms with E-state index in [1.54, 1.807) is 0 Å². The fraction of sp³-hybridized carbons (Fsp3) is 0.111. The Bertz CT molecular complexity index is 334. The van der Waals surface area contributed by atoms with Gasteiger partial charge in [0.15, 0.2) is 0 Å². The fourth-order valence-corrected chi connectivity index (χ4v) is 1.06. The molecular formula is C9H12N4O. The summed E-state index contributed by atoms with van der Waals surface area (Å²) in [4.78, 5) is 11.1. The Kier molecular flexibility index (Phi) is 3.63. The van der Waals surface area contributed by atoms with Crippen LogP contribution in [0.2, 0.25) is 0 Å². The van der Waals surface area contributed by atoms with Crippen LogP contribution < -0.4 is 17.1 Å². The van der Waals surface area contributed by atoms with E-state index in [4.69, 9.17) is 11.7 Å². The highest BCUT2D eigenvalue weighted by molar-refractivity contribution is 6.39. The summed E-state index contributed by atoms with van der Waals surface area (Å²) in [5.41, 5.74) is 3.15. The SMILES string of the molecule is N/N=C(\Cc1ccccc1)C(=O)NN. The molecular weight excluding hydrogens is 180 g/mol. The summed E-state index contributed by atoms with van der Waals surface area (Å²) in [6.07, 6.45) is 0.375. The molecule has 0 aliphatic rings. The van der Waals surface area contributed by atoms with Crippen molar-refractivity contribution in [1.82, 2.24) is 5.43 Å². The molecule has 1 aromatic carbocycles. The van der Waals surface area contributed by atoms with Gasteiger partial charge in [0, 0.05) is 6.42 Å². The first kappa shape index (κ1) is 10.2. The predicted molar refractivity (Wildman–Crippen MR) is 54.1 cm³/mol. The van der Waals surface area contributed by atoms with Crippen LogP contribution in [0.3, 0.4) is 0 Å². The van der Waals surface area contributed by atoms with Crippen LogP contribution in [0.15, 0.2) is 35.4 Å². The number of hydrazine groups is 1. The number of hydrogen-bond acceptors (Lipinski definition) is 4. The number of carbonyl (C=O) groups is 1. The lowest BCUT2D eigenvalue weighted by molar-refractivity contribution is -0.114. The second kappa shape index (κ2) is 4.98. The highest BCUT2D eigenvalue weighted by atomic mass is 16.2. The molecule has 0 unspecified atom stereocenters. The van der Waals surface area contributed by atoms with Crippen molar-refractivity contribution in [3.8, 4) is 0 Å². The van der Waals surface area contributed by atoms with E-state index in [1.807, 2.05) is 35.8 Å². The van der Waals surface area contributed by atoms with E-state index >= 15 is 0 Å². The maximum atomic E-state index is 11.1. The molecule has 0 spiro atoms. The highest BCUT2D eigenvalue weighted by Crippen LogP contribution is 2.00. The minimum Gasteiger partial charge on any atom is -0.323 e. The molecule has 1 aromatic rings. The number of benzene rings is 1. The summed E-state index contributed by atoms with van der Waals surface area (Å²) >= 11 is 0. The van der Waals surface area contributed by atoms with Gasteiger partial charge in [-0.1, -0.05) is 30.3 Å². The molecule has 1 amide bonds. The summed E-state index contributed by atoms with van der Waals surface area (Å²) in [7, 11) is 0. The van der Waals surface area contributed by atoms with E-state index in [0.29, 0.717) is 6.42 Å². The van der Waals surface area contributed by atoms with Crippen LogP contribution in [0, 0.1) is 0 Å². The fourth-order valence-electron chi connectivity index (χ4n) is 1.06. The van der Waals surface area contributed by atoms with Gasteiger partial charge in [0.1, 0.15) is 5.71 Å². The molecule has 0 fully saturated rings. The highest BCUT2D eigenvalue weighted by Gasteiger charge is 2.09. The Morgan fingerprint density at radius 1 is 1.36 bits per heavy atom. The van der Waals surface area contributed by atoms with Crippen molar-refractivity contribution in [1.29, 1.82) is 0 Å². The van der Waals surface area contributed by atoms with Crippen molar-refractivity contribution in [3.63, 3.8) is 0 Å². The van der Waals surface area contributed by atoms with Crippen molar-refractivity contribution < 1.29 is 4.79 Å². The molecule has 0 saturated heterocycles. The van der Waals surface area contributed by atoms with E-state index in [2.05, 4.69) is 5.10 Å². The lowest BCUT2D eigenvalue weighted by atomic mass is 10.1. The van der Waals surface area contributed by atoms with Crippen LogP contribution in [-0.4, -0.2) is 11.6 Å². The van der Waals surface area contributed by atoms with Crippen LogP contribution in [-0.2, 0) is 11.2 Å². The van der Waals surface area contributed by atoms with Gasteiger partial charge >= 0.3 is 0 Å². The van der Waals surface area contributed by atoms with Crippen LogP contribution in [0.1, 0.15) is 5.56 Å². The monoisotopic (exact) mass is 192 g/mol. The van der Waals surface area contributed by atoms with E-state index in [1.165, 1.54) is 0 Å². The number of amides is 1. The molecule has 0 saturated carbocycles. The smallest absolute Gasteiger partial charge is 0.281 e. The number of nitrogens with two attached hydrogens (primary N) is 2. The standard InChI is InChI=1S/C9H12N4O/c10-12-8(9(14)13-11)6-7-4-2-1-3-5-7/h1-5H,6,10-11H2,(H,13,14)/b12-8+. The molecule has 5 N–H and O–H groups in total. The molecule has 5 nitrogen and oxygen atoms in total. The van der Waals surface area contributed by atoms with Gasteiger partial charge < -0.3 is 5.84 Å². The minimum atomic E-state index is -0.462. The van der Waals surface area contributed by atoms with Gasteiger partial charge in [0.05, 0.1) is 0 Å². The number of rotatable bonds is 3.